The molecule has 0 saturated carbocycles. The number of rotatable bonds is 6. The van der Waals surface area contributed by atoms with E-state index in [0.717, 1.165) is 18.5 Å². The highest BCUT2D eigenvalue weighted by Gasteiger charge is 2.23. The summed E-state index contributed by atoms with van der Waals surface area (Å²) < 4.78 is 5.58. The molecule has 0 amide bonds. The Labute approximate surface area is 92.3 Å². The van der Waals surface area contributed by atoms with Gasteiger partial charge in [0, 0.05) is 11.9 Å². The molecule has 0 rings (SSSR count). The number of alkyl halides is 1. The van der Waals surface area contributed by atoms with Crippen LogP contribution in [0.15, 0.2) is 12.2 Å². The van der Waals surface area contributed by atoms with Gasteiger partial charge in [-0.1, -0.05) is 55.0 Å². The first kappa shape index (κ1) is 13.4. The van der Waals surface area contributed by atoms with E-state index in [0.29, 0.717) is 5.04 Å². The number of allylic oxidation sites excluding steroid dienone is 1. The highest BCUT2D eigenvalue weighted by atomic mass is 79.9. The molecule has 0 spiro atoms. The van der Waals surface area contributed by atoms with Gasteiger partial charge in [0.1, 0.15) is 0 Å². The van der Waals surface area contributed by atoms with Crippen LogP contribution in [0.1, 0.15) is 13.8 Å². The molecule has 0 heterocycles. The lowest BCUT2D eigenvalue weighted by Crippen LogP contribution is -2.26. The molecular weight excluding hydrogens is 244 g/mol. The molecular formula is C10H20BrOSi. The van der Waals surface area contributed by atoms with Crippen molar-refractivity contribution >= 4 is 24.7 Å². The minimum atomic E-state index is -0.262. The van der Waals surface area contributed by atoms with E-state index < -0.39 is 0 Å². The topological polar surface area (TPSA) is 9.23 Å². The molecule has 0 unspecified atom stereocenters. The predicted octanol–water partition coefficient (Wildman–Crippen LogP) is 3.49. The number of hydrogen-bond acceptors (Lipinski definition) is 1. The minimum absolute atomic E-state index is 0.262. The van der Waals surface area contributed by atoms with Gasteiger partial charge in [0.25, 0.3) is 0 Å². The molecule has 0 aromatic carbocycles. The lowest BCUT2D eigenvalue weighted by Gasteiger charge is -2.27. The van der Waals surface area contributed by atoms with Crippen molar-refractivity contribution in [2.45, 2.75) is 32.0 Å². The average molecular weight is 264 g/mol. The van der Waals surface area contributed by atoms with Crippen molar-refractivity contribution in [1.82, 2.24) is 0 Å². The zero-order valence-corrected chi connectivity index (χ0v) is 11.6. The SMILES string of the molecule is C[Si](C)C(C)(C)COC/C=C\CBr. The zero-order chi connectivity index (χ0) is 10.3. The maximum Gasteiger partial charge on any atom is 0.0647 e. The van der Waals surface area contributed by atoms with Crippen molar-refractivity contribution in [1.29, 1.82) is 0 Å². The molecule has 77 valence electrons. The second kappa shape index (κ2) is 6.79. The van der Waals surface area contributed by atoms with E-state index >= 15 is 0 Å². The summed E-state index contributed by atoms with van der Waals surface area (Å²) in [6, 6.07) is 0. The highest BCUT2D eigenvalue weighted by Crippen LogP contribution is 2.28. The van der Waals surface area contributed by atoms with Crippen LogP contribution in [0.25, 0.3) is 0 Å². The standard InChI is InChI=1S/C10H20BrOSi/c1-10(2,13(3)4)9-12-8-6-5-7-11/h5-6H,7-9H2,1-4H3/b6-5-. The van der Waals surface area contributed by atoms with Crippen molar-refractivity contribution in [2.75, 3.05) is 18.5 Å². The molecule has 0 aliphatic heterocycles. The molecule has 0 bridgehead atoms. The van der Waals surface area contributed by atoms with Crippen LogP contribution in [0.3, 0.4) is 0 Å². The summed E-state index contributed by atoms with van der Waals surface area (Å²) in [7, 11) is -0.262. The Morgan fingerprint density at radius 2 is 1.92 bits per heavy atom. The van der Waals surface area contributed by atoms with E-state index in [1.165, 1.54) is 0 Å². The van der Waals surface area contributed by atoms with E-state index in [9.17, 15) is 0 Å². The van der Waals surface area contributed by atoms with E-state index in [-0.39, 0.29) is 8.80 Å². The van der Waals surface area contributed by atoms with Gasteiger partial charge >= 0.3 is 0 Å². The van der Waals surface area contributed by atoms with E-state index in [4.69, 9.17) is 4.74 Å². The lowest BCUT2D eigenvalue weighted by atomic mass is 10.2. The van der Waals surface area contributed by atoms with Gasteiger partial charge in [-0.2, -0.15) is 0 Å². The lowest BCUT2D eigenvalue weighted by molar-refractivity contribution is 0.139. The summed E-state index contributed by atoms with van der Waals surface area (Å²) in [5, 5.41) is 1.29. The molecule has 0 fully saturated rings. The molecule has 0 aliphatic carbocycles. The first-order valence-corrected chi connectivity index (χ1v) is 8.22. The van der Waals surface area contributed by atoms with Gasteiger partial charge in [-0.05, 0) is 5.04 Å². The van der Waals surface area contributed by atoms with Gasteiger partial charge in [0.2, 0.25) is 0 Å². The van der Waals surface area contributed by atoms with Gasteiger partial charge in [-0.25, -0.2) is 0 Å². The summed E-state index contributed by atoms with van der Waals surface area (Å²) in [6.07, 6.45) is 4.12. The van der Waals surface area contributed by atoms with Crippen LogP contribution >= 0.6 is 15.9 Å². The Kier molecular flexibility index (Phi) is 7.00. The maximum absolute atomic E-state index is 5.58. The van der Waals surface area contributed by atoms with Gasteiger partial charge in [0.05, 0.1) is 15.4 Å². The zero-order valence-electron chi connectivity index (χ0n) is 9.06. The third-order valence-corrected chi connectivity index (χ3v) is 5.51. The van der Waals surface area contributed by atoms with Crippen LogP contribution < -0.4 is 0 Å². The number of ether oxygens (including phenoxy) is 1. The summed E-state index contributed by atoms with van der Waals surface area (Å²) in [5.74, 6) is 0. The van der Waals surface area contributed by atoms with Crippen molar-refractivity contribution in [3.8, 4) is 0 Å². The summed E-state index contributed by atoms with van der Waals surface area (Å²) >= 11 is 3.33. The van der Waals surface area contributed by atoms with Crippen LogP contribution in [-0.2, 0) is 4.74 Å². The van der Waals surface area contributed by atoms with E-state index in [1.54, 1.807) is 0 Å². The fraction of sp³-hybridized carbons (Fsp3) is 0.800. The molecule has 0 N–H and O–H groups in total. The molecule has 0 aromatic rings. The fourth-order valence-corrected chi connectivity index (χ4v) is 1.31. The summed E-state index contributed by atoms with van der Waals surface area (Å²) in [4.78, 5) is 0. The van der Waals surface area contributed by atoms with Crippen molar-refractivity contribution in [3.63, 3.8) is 0 Å². The Balaban J connectivity index is 3.58. The first-order chi connectivity index (χ1) is 6.00. The maximum atomic E-state index is 5.58. The van der Waals surface area contributed by atoms with Crippen molar-refractivity contribution in [2.24, 2.45) is 0 Å². The van der Waals surface area contributed by atoms with Crippen LogP contribution in [0.4, 0.5) is 0 Å². The van der Waals surface area contributed by atoms with E-state index in [2.05, 4.69) is 55.0 Å². The Hall–Kier alpha value is 0.397. The van der Waals surface area contributed by atoms with Gasteiger partial charge in [0.15, 0.2) is 0 Å². The van der Waals surface area contributed by atoms with Crippen LogP contribution in [0.5, 0.6) is 0 Å². The first-order valence-electron chi connectivity index (χ1n) is 4.60. The Morgan fingerprint density at radius 3 is 2.38 bits per heavy atom. The third-order valence-electron chi connectivity index (χ3n) is 2.29. The largest absolute Gasteiger partial charge is 0.377 e. The number of halogens is 1. The number of hydrogen-bond donors (Lipinski definition) is 0. The summed E-state index contributed by atoms with van der Waals surface area (Å²) in [5.41, 5.74) is 0. The fourth-order valence-electron chi connectivity index (χ4n) is 0.657. The molecule has 1 radical (unpaired) electrons. The van der Waals surface area contributed by atoms with E-state index in [1.807, 2.05) is 0 Å². The monoisotopic (exact) mass is 263 g/mol. The van der Waals surface area contributed by atoms with Gasteiger partial charge in [-0.15, -0.1) is 0 Å². The van der Waals surface area contributed by atoms with Crippen molar-refractivity contribution in [3.05, 3.63) is 12.2 Å². The van der Waals surface area contributed by atoms with Crippen molar-refractivity contribution < 1.29 is 4.74 Å². The second-order valence-electron chi connectivity index (χ2n) is 4.02. The summed E-state index contributed by atoms with van der Waals surface area (Å²) in [6.45, 7) is 10.9. The third kappa shape index (κ3) is 6.47. The molecule has 0 aliphatic rings. The predicted molar refractivity (Wildman–Crippen MR) is 65.3 cm³/mol. The molecule has 3 heteroatoms. The van der Waals surface area contributed by atoms with Crippen LogP contribution in [0.2, 0.25) is 18.1 Å². The second-order valence-corrected chi connectivity index (χ2v) is 8.03. The molecule has 1 nitrogen and oxygen atoms in total. The minimum Gasteiger partial charge on any atom is -0.377 e. The van der Waals surface area contributed by atoms with Gasteiger partial charge < -0.3 is 4.74 Å². The quantitative estimate of drug-likeness (QED) is 0.309. The molecule has 13 heavy (non-hydrogen) atoms. The normalized spacial score (nSPS) is 13.1. The highest BCUT2D eigenvalue weighted by molar-refractivity contribution is 9.09. The smallest absolute Gasteiger partial charge is 0.0647 e. The van der Waals surface area contributed by atoms with Crippen LogP contribution in [0, 0.1) is 0 Å². The van der Waals surface area contributed by atoms with Crippen LogP contribution in [-0.4, -0.2) is 27.3 Å². The Morgan fingerprint density at radius 1 is 1.31 bits per heavy atom. The average Bonchev–Trinajstić information content (AvgIpc) is 2.03. The Bertz CT molecular complexity index is 155. The molecule has 0 atom stereocenters. The molecule has 0 saturated heterocycles. The van der Waals surface area contributed by atoms with Gasteiger partial charge in [-0.3, -0.25) is 0 Å². The molecule has 0 aromatic heterocycles.